The first kappa shape index (κ1) is 16.5. The van der Waals surface area contributed by atoms with Crippen LogP contribution in [0.15, 0.2) is 0 Å². The number of amides is 1. The summed E-state index contributed by atoms with van der Waals surface area (Å²) < 4.78 is 4.78. The fourth-order valence-corrected chi connectivity index (χ4v) is 4.59. The van der Waals surface area contributed by atoms with Gasteiger partial charge in [0, 0.05) is 24.0 Å². The first-order chi connectivity index (χ1) is 11.2. The predicted molar refractivity (Wildman–Crippen MR) is 91.7 cm³/mol. The van der Waals surface area contributed by atoms with Crippen LogP contribution in [-0.2, 0) is 17.6 Å². The minimum atomic E-state index is -0.188. The Labute approximate surface area is 141 Å². The largest absolute Gasteiger partial charge is 0.453 e. The standard InChI is InChI=1S/C16H26N4O2S/c1-22-16(21)20-8-6-11(10-20)3-2-7-18-12-4-5-13-14(9-12)23-15(17)19-13/h11-12,18H,2-10H2,1H3,(H2,17,19). The molecule has 1 aromatic heterocycles. The first-order valence-electron chi connectivity index (χ1n) is 8.46. The highest BCUT2D eigenvalue weighted by Crippen LogP contribution is 2.28. The van der Waals surface area contributed by atoms with Gasteiger partial charge in [0.1, 0.15) is 0 Å². The molecule has 0 spiro atoms. The van der Waals surface area contributed by atoms with Gasteiger partial charge in [0.15, 0.2) is 5.13 Å². The van der Waals surface area contributed by atoms with Crippen molar-refractivity contribution in [3.05, 3.63) is 10.6 Å². The zero-order valence-electron chi connectivity index (χ0n) is 13.7. The predicted octanol–water partition coefficient (Wildman–Crippen LogP) is 2.04. The van der Waals surface area contributed by atoms with E-state index in [-0.39, 0.29) is 6.09 Å². The van der Waals surface area contributed by atoms with Gasteiger partial charge in [0.2, 0.25) is 0 Å². The van der Waals surface area contributed by atoms with Crippen molar-refractivity contribution in [2.24, 2.45) is 5.92 Å². The lowest BCUT2D eigenvalue weighted by Crippen LogP contribution is -2.35. The van der Waals surface area contributed by atoms with E-state index >= 15 is 0 Å². The van der Waals surface area contributed by atoms with Gasteiger partial charge in [-0.25, -0.2) is 9.78 Å². The van der Waals surface area contributed by atoms with Gasteiger partial charge in [-0.15, -0.1) is 11.3 Å². The van der Waals surface area contributed by atoms with Crippen LogP contribution in [0.5, 0.6) is 0 Å². The number of anilines is 1. The van der Waals surface area contributed by atoms with E-state index < -0.39 is 0 Å². The zero-order valence-corrected chi connectivity index (χ0v) is 14.5. The number of nitrogen functional groups attached to an aromatic ring is 1. The number of thiazole rings is 1. The summed E-state index contributed by atoms with van der Waals surface area (Å²) in [6.07, 6.45) is 6.49. The molecule has 128 valence electrons. The summed E-state index contributed by atoms with van der Waals surface area (Å²) in [6.45, 7) is 2.73. The highest BCUT2D eigenvalue weighted by Gasteiger charge is 2.26. The summed E-state index contributed by atoms with van der Waals surface area (Å²) in [7, 11) is 1.45. The Balaban J connectivity index is 1.33. The van der Waals surface area contributed by atoms with Crippen molar-refractivity contribution in [1.82, 2.24) is 15.2 Å². The highest BCUT2D eigenvalue weighted by molar-refractivity contribution is 7.15. The fourth-order valence-electron chi connectivity index (χ4n) is 3.63. The van der Waals surface area contributed by atoms with Crippen molar-refractivity contribution in [2.75, 3.05) is 32.5 Å². The van der Waals surface area contributed by atoms with E-state index in [4.69, 9.17) is 10.5 Å². The molecule has 1 saturated heterocycles. The molecule has 1 aromatic rings. The molecular weight excluding hydrogens is 312 g/mol. The molecule has 3 rings (SSSR count). The molecule has 0 bridgehead atoms. The molecule has 0 radical (unpaired) electrons. The van der Waals surface area contributed by atoms with E-state index in [2.05, 4.69) is 10.3 Å². The summed E-state index contributed by atoms with van der Waals surface area (Å²) in [5.41, 5.74) is 7.00. The number of aryl methyl sites for hydroxylation is 1. The minimum Gasteiger partial charge on any atom is -0.453 e. The number of nitrogens with two attached hydrogens (primary N) is 1. The topological polar surface area (TPSA) is 80.5 Å². The maximum Gasteiger partial charge on any atom is 0.409 e. The summed E-state index contributed by atoms with van der Waals surface area (Å²) in [5.74, 6) is 0.621. The number of carbonyl (C=O) groups excluding carboxylic acids is 1. The number of aromatic nitrogens is 1. The van der Waals surface area contributed by atoms with Gasteiger partial charge in [0.05, 0.1) is 12.8 Å². The van der Waals surface area contributed by atoms with Crippen LogP contribution >= 0.6 is 11.3 Å². The number of fused-ring (bicyclic) bond motifs is 1. The van der Waals surface area contributed by atoms with Gasteiger partial charge in [-0.3, -0.25) is 0 Å². The maximum absolute atomic E-state index is 11.5. The molecule has 2 heterocycles. The van der Waals surface area contributed by atoms with Gasteiger partial charge >= 0.3 is 6.09 Å². The van der Waals surface area contributed by atoms with Gasteiger partial charge < -0.3 is 20.7 Å². The van der Waals surface area contributed by atoms with Gasteiger partial charge in [-0.05, 0) is 51.0 Å². The van der Waals surface area contributed by atoms with Crippen LogP contribution in [0.25, 0.3) is 0 Å². The van der Waals surface area contributed by atoms with E-state index in [9.17, 15) is 4.79 Å². The van der Waals surface area contributed by atoms with Crippen molar-refractivity contribution < 1.29 is 9.53 Å². The monoisotopic (exact) mass is 338 g/mol. The molecule has 7 heteroatoms. The van der Waals surface area contributed by atoms with E-state index in [1.54, 1.807) is 11.3 Å². The molecule has 23 heavy (non-hydrogen) atoms. The SMILES string of the molecule is COC(=O)N1CCC(CCCNC2CCc3nc(N)sc3C2)C1. The second-order valence-corrected chi connectivity index (χ2v) is 7.64. The van der Waals surface area contributed by atoms with Crippen LogP contribution in [0, 0.1) is 5.92 Å². The van der Waals surface area contributed by atoms with Gasteiger partial charge in [0.25, 0.3) is 0 Å². The second-order valence-electron chi connectivity index (χ2n) is 6.53. The normalized spacial score (nSPS) is 23.8. The number of methoxy groups -OCH3 is 1. The Morgan fingerprint density at radius 3 is 3.22 bits per heavy atom. The number of nitrogens with one attached hydrogen (secondary N) is 1. The lowest BCUT2D eigenvalue weighted by atomic mass is 9.97. The average molecular weight is 338 g/mol. The van der Waals surface area contributed by atoms with Crippen LogP contribution in [0.3, 0.4) is 0 Å². The summed E-state index contributed by atoms with van der Waals surface area (Å²) in [5, 5.41) is 4.37. The number of likely N-dealkylation sites (tertiary alicyclic amines) is 1. The quantitative estimate of drug-likeness (QED) is 0.803. The molecule has 1 aliphatic heterocycles. The Kier molecular flexibility index (Phi) is 5.38. The number of ether oxygens (including phenoxy) is 1. The van der Waals surface area contributed by atoms with Crippen LogP contribution in [0.4, 0.5) is 9.93 Å². The Hall–Kier alpha value is -1.34. The first-order valence-corrected chi connectivity index (χ1v) is 9.27. The Morgan fingerprint density at radius 1 is 1.52 bits per heavy atom. The van der Waals surface area contributed by atoms with Crippen LogP contribution in [0.1, 0.15) is 36.3 Å². The second kappa shape index (κ2) is 7.49. The van der Waals surface area contributed by atoms with Crippen molar-refractivity contribution in [3.63, 3.8) is 0 Å². The molecule has 1 fully saturated rings. The average Bonchev–Trinajstić information content (AvgIpc) is 3.15. The van der Waals surface area contributed by atoms with Crippen molar-refractivity contribution >= 4 is 22.6 Å². The smallest absolute Gasteiger partial charge is 0.409 e. The third-order valence-corrected chi connectivity index (χ3v) is 5.85. The number of nitrogens with zero attached hydrogens (tertiary/aromatic N) is 2. The Bertz CT molecular complexity index is 548. The maximum atomic E-state index is 11.5. The fraction of sp³-hybridized carbons (Fsp3) is 0.750. The van der Waals surface area contributed by atoms with E-state index in [0.717, 1.165) is 51.7 Å². The van der Waals surface area contributed by atoms with Crippen LogP contribution in [-0.4, -0.2) is 48.8 Å². The minimum absolute atomic E-state index is 0.188. The van der Waals surface area contributed by atoms with Gasteiger partial charge in [-0.1, -0.05) is 0 Å². The molecule has 0 saturated carbocycles. The summed E-state index contributed by atoms with van der Waals surface area (Å²) in [6, 6.07) is 0.553. The molecule has 1 amide bonds. The van der Waals surface area contributed by atoms with E-state index in [1.807, 2.05) is 4.90 Å². The number of rotatable bonds is 5. The summed E-state index contributed by atoms with van der Waals surface area (Å²) in [4.78, 5) is 19.0. The lowest BCUT2D eigenvalue weighted by Gasteiger charge is -2.22. The molecule has 1 aliphatic carbocycles. The van der Waals surface area contributed by atoms with Crippen LogP contribution < -0.4 is 11.1 Å². The highest BCUT2D eigenvalue weighted by atomic mass is 32.1. The third kappa shape index (κ3) is 4.14. The molecule has 2 aliphatic rings. The zero-order chi connectivity index (χ0) is 16.2. The number of hydrogen-bond acceptors (Lipinski definition) is 6. The third-order valence-electron chi connectivity index (χ3n) is 4.90. The Morgan fingerprint density at radius 2 is 2.39 bits per heavy atom. The van der Waals surface area contributed by atoms with Crippen LogP contribution in [0.2, 0.25) is 0 Å². The van der Waals surface area contributed by atoms with Crippen molar-refractivity contribution in [2.45, 2.75) is 44.6 Å². The molecular formula is C16H26N4O2S. The lowest BCUT2D eigenvalue weighted by molar-refractivity contribution is 0.131. The molecule has 0 aromatic carbocycles. The molecule has 6 nitrogen and oxygen atoms in total. The van der Waals surface area contributed by atoms with E-state index in [1.165, 1.54) is 24.1 Å². The van der Waals surface area contributed by atoms with Crippen molar-refractivity contribution in [3.8, 4) is 0 Å². The van der Waals surface area contributed by atoms with Crippen molar-refractivity contribution in [1.29, 1.82) is 0 Å². The molecule has 3 N–H and O–H groups in total. The van der Waals surface area contributed by atoms with Gasteiger partial charge in [-0.2, -0.15) is 0 Å². The van der Waals surface area contributed by atoms with E-state index in [0.29, 0.717) is 17.1 Å². The number of hydrogen-bond donors (Lipinski definition) is 2. The summed E-state index contributed by atoms with van der Waals surface area (Å²) >= 11 is 1.64. The number of carbonyl (C=O) groups is 1. The molecule has 2 atom stereocenters. The molecule has 2 unspecified atom stereocenters.